The first kappa shape index (κ1) is 12.6. The molecule has 0 saturated carbocycles. The van der Waals surface area contributed by atoms with Crippen molar-refractivity contribution in [1.29, 1.82) is 0 Å². The van der Waals surface area contributed by atoms with Crippen LogP contribution in [0.4, 0.5) is 0 Å². The first-order valence-electron chi connectivity index (χ1n) is 6.48. The van der Waals surface area contributed by atoms with Crippen LogP contribution in [0.5, 0.6) is 0 Å². The largest absolute Gasteiger partial charge is 0.345 e. The van der Waals surface area contributed by atoms with E-state index in [9.17, 15) is 0 Å². The lowest BCUT2D eigenvalue weighted by Crippen LogP contribution is -1.93. The lowest BCUT2D eigenvalue weighted by Gasteiger charge is -2.08. The van der Waals surface area contributed by atoms with Crippen molar-refractivity contribution in [3.63, 3.8) is 0 Å². The van der Waals surface area contributed by atoms with Crippen LogP contribution in [-0.4, -0.2) is 9.97 Å². The third-order valence-electron chi connectivity index (χ3n) is 3.24. The fourth-order valence-electron chi connectivity index (χ4n) is 2.20. The number of nitrogens with one attached hydrogen (secondary N) is 1. The Labute approximate surface area is 109 Å². The maximum absolute atomic E-state index is 4.16. The summed E-state index contributed by atoms with van der Waals surface area (Å²) >= 11 is 0. The fraction of sp³-hybridized carbons (Fsp3) is 0.312. The van der Waals surface area contributed by atoms with Crippen LogP contribution < -0.4 is 0 Å². The van der Waals surface area contributed by atoms with Gasteiger partial charge in [-0.2, -0.15) is 0 Å². The van der Waals surface area contributed by atoms with Crippen molar-refractivity contribution in [2.45, 2.75) is 33.1 Å². The summed E-state index contributed by atoms with van der Waals surface area (Å²) in [6, 6.07) is 6.52. The monoisotopic (exact) mass is 240 g/mol. The molecular weight excluding hydrogens is 220 g/mol. The van der Waals surface area contributed by atoms with Gasteiger partial charge in [-0.1, -0.05) is 24.3 Å². The fourth-order valence-corrected chi connectivity index (χ4v) is 2.20. The van der Waals surface area contributed by atoms with Crippen molar-refractivity contribution in [3.05, 3.63) is 59.2 Å². The summed E-state index contributed by atoms with van der Waals surface area (Å²) in [4.78, 5) is 7.22. The van der Waals surface area contributed by atoms with Gasteiger partial charge in [0, 0.05) is 12.4 Å². The van der Waals surface area contributed by atoms with E-state index in [2.05, 4.69) is 48.1 Å². The van der Waals surface area contributed by atoms with Gasteiger partial charge in [0.25, 0.3) is 0 Å². The number of aromatic amines is 1. The minimum Gasteiger partial charge on any atom is -0.345 e. The van der Waals surface area contributed by atoms with Crippen LogP contribution in [0.2, 0.25) is 0 Å². The average Bonchev–Trinajstić information content (AvgIpc) is 2.85. The molecule has 18 heavy (non-hydrogen) atoms. The van der Waals surface area contributed by atoms with Gasteiger partial charge in [-0.05, 0) is 55.9 Å². The minimum atomic E-state index is 0.932. The molecule has 0 aliphatic rings. The van der Waals surface area contributed by atoms with Crippen molar-refractivity contribution >= 4 is 6.08 Å². The molecule has 2 aromatic rings. The molecule has 0 aliphatic heterocycles. The molecule has 0 atom stereocenters. The van der Waals surface area contributed by atoms with Crippen LogP contribution in [0.3, 0.4) is 0 Å². The zero-order chi connectivity index (χ0) is 12.8. The molecule has 1 heterocycles. The summed E-state index contributed by atoms with van der Waals surface area (Å²) in [6.07, 6.45) is 11.3. The molecule has 94 valence electrons. The van der Waals surface area contributed by atoms with E-state index in [1.165, 1.54) is 23.1 Å². The van der Waals surface area contributed by atoms with Crippen molar-refractivity contribution in [1.82, 2.24) is 9.97 Å². The number of allylic oxidation sites excluding steroid dienone is 1. The number of unbranched alkanes of at least 4 members (excludes halogenated alkanes) is 1. The highest BCUT2D eigenvalue weighted by atomic mass is 14.9. The van der Waals surface area contributed by atoms with Crippen molar-refractivity contribution in [2.24, 2.45) is 0 Å². The van der Waals surface area contributed by atoms with E-state index in [-0.39, 0.29) is 0 Å². The predicted octanol–water partition coefficient (Wildman–Crippen LogP) is 4.06. The van der Waals surface area contributed by atoms with Gasteiger partial charge in [0.15, 0.2) is 0 Å². The third-order valence-corrected chi connectivity index (χ3v) is 3.24. The van der Waals surface area contributed by atoms with E-state index in [1.54, 1.807) is 6.20 Å². The topological polar surface area (TPSA) is 28.7 Å². The molecule has 1 aromatic carbocycles. The van der Waals surface area contributed by atoms with Crippen LogP contribution in [0, 0.1) is 13.8 Å². The summed E-state index contributed by atoms with van der Waals surface area (Å²) < 4.78 is 0. The molecule has 0 radical (unpaired) electrons. The molecule has 0 amide bonds. The number of hydrogen-bond donors (Lipinski definition) is 1. The van der Waals surface area contributed by atoms with Crippen LogP contribution >= 0.6 is 0 Å². The van der Waals surface area contributed by atoms with Crippen molar-refractivity contribution in [2.75, 3.05) is 0 Å². The third kappa shape index (κ3) is 3.33. The second kappa shape index (κ2) is 6.20. The maximum atomic E-state index is 4.16. The first-order valence-corrected chi connectivity index (χ1v) is 6.48. The highest BCUT2D eigenvalue weighted by Crippen LogP contribution is 2.16. The molecule has 0 spiro atoms. The molecule has 0 aliphatic carbocycles. The highest BCUT2D eigenvalue weighted by molar-refractivity contribution is 5.39. The number of rotatable bonds is 5. The number of hydrogen-bond acceptors (Lipinski definition) is 1. The molecule has 2 nitrogen and oxygen atoms in total. The number of benzene rings is 1. The molecule has 0 saturated heterocycles. The Bertz CT molecular complexity index is 490. The van der Waals surface area contributed by atoms with Crippen LogP contribution in [-0.2, 0) is 6.42 Å². The van der Waals surface area contributed by atoms with E-state index in [0.29, 0.717) is 0 Å². The Balaban J connectivity index is 1.82. The number of H-pyrrole nitrogens is 1. The van der Waals surface area contributed by atoms with E-state index in [1.807, 2.05) is 12.3 Å². The van der Waals surface area contributed by atoms with Gasteiger partial charge in [0.05, 0.1) is 0 Å². The molecule has 0 bridgehead atoms. The Morgan fingerprint density at radius 2 is 2.00 bits per heavy atom. The van der Waals surface area contributed by atoms with E-state index in [0.717, 1.165) is 18.7 Å². The SMILES string of the molecule is Cc1cccc(C)c1CCCC=Cc1ncc[nH]1. The zero-order valence-electron chi connectivity index (χ0n) is 11.1. The average molecular weight is 240 g/mol. The number of aryl methyl sites for hydroxylation is 2. The molecular formula is C16H20N2. The van der Waals surface area contributed by atoms with Crippen LogP contribution in [0.25, 0.3) is 6.08 Å². The standard InChI is InChI=1S/C16H20N2/c1-13-7-6-8-14(2)15(13)9-4-3-5-10-16-17-11-12-18-16/h5-8,10-12H,3-4,9H2,1-2H3,(H,17,18). The quantitative estimate of drug-likeness (QED) is 0.784. The molecule has 0 unspecified atom stereocenters. The van der Waals surface area contributed by atoms with Crippen molar-refractivity contribution < 1.29 is 0 Å². The summed E-state index contributed by atoms with van der Waals surface area (Å²) in [5.41, 5.74) is 4.32. The Hall–Kier alpha value is -1.83. The lowest BCUT2D eigenvalue weighted by molar-refractivity contribution is 0.833. The van der Waals surface area contributed by atoms with Crippen LogP contribution in [0.1, 0.15) is 35.4 Å². The Morgan fingerprint density at radius 3 is 2.67 bits per heavy atom. The molecule has 1 N–H and O–H groups in total. The van der Waals surface area contributed by atoms with E-state index >= 15 is 0 Å². The smallest absolute Gasteiger partial charge is 0.129 e. The zero-order valence-corrected chi connectivity index (χ0v) is 11.1. The second-order valence-electron chi connectivity index (χ2n) is 4.64. The summed E-state index contributed by atoms with van der Waals surface area (Å²) in [5.74, 6) is 0.932. The summed E-state index contributed by atoms with van der Waals surface area (Å²) in [5, 5.41) is 0. The van der Waals surface area contributed by atoms with Gasteiger partial charge in [-0.3, -0.25) is 0 Å². The second-order valence-corrected chi connectivity index (χ2v) is 4.64. The van der Waals surface area contributed by atoms with Gasteiger partial charge in [-0.15, -0.1) is 0 Å². The highest BCUT2D eigenvalue weighted by Gasteiger charge is 2.00. The van der Waals surface area contributed by atoms with Gasteiger partial charge in [0.1, 0.15) is 5.82 Å². The molecule has 2 rings (SSSR count). The predicted molar refractivity (Wildman–Crippen MR) is 76.5 cm³/mol. The maximum Gasteiger partial charge on any atom is 0.129 e. The van der Waals surface area contributed by atoms with Crippen molar-refractivity contribution in [3.8, 4) is 0 Å². The molecule has 0 fully saturated rings. The van der Waals surface area contributed by atoms with Crippen LogP contribution in [0.15, 0.2) is 36.7 Å². The van der Waals surface area contributed by atoms with E-state index < -0.39 is 0 Å². The summed E-state index contributed by atoms with van der Waals surface area (Å²) in [7, 11) is 0. The van der Waals surface area contributed by atoms with Gasteiger partial charge in [0.2, 0.25) is 0 Å². The molecule has 1 aromatic heterocycles. The number of aromatic nitrogens is 2. The van der Waals surface area contributed by atoms with Gasteiger partial charge < -0.3 is 4.98 Å². The Morgan fingerprint density at radius 1 is 1.22 bits per heavy atom. The van der Waals surface area contributed by atoms with Gasteiger partial charge in [-0.25, -0.2) is 4.98 Å². The summed E-state index contributed by atoms with van der Waals surface area (Å²) in [6.45, 7) is 4.39. The number of imidazole rings is 1. The number of nitrogens with zero attached hydrogens (tertiary/aromatic N) is 1. The molecule has 2 heteroatoms. The van der Waals surface area contributed by atoms with Gasteiger partial charge >= 0.3 is 0 Å². The Kier molecular flexibility index (Phi) is 4.35. The first-order chi connectivity index (χ1) is 8.77. The minimum absolute atomic E-state index is 0.932. The normalized spacial score (nSPS) is 11.2. The lowest BCUT2D eigenvalue weighted by atomic mass is 9.98. The van der Waals surface area contributed by atoms with E-state index in [4.69, 9.17) is 0 Å².